The first-order valence-electron chi connectivity index (χ1n) is 9.54. The van der Waals surface area contributed by atoms with Gasteiger partial charge in [0.05, 0.1) is 13.2 Å². The van der Waals surface area contributed by atoms with E-state index in [0.717, 1.165) is 42.0 Å². The standard InChI is InChI=1S/C22H26FNO3/c1-2-26-22(25)21(23)20-11-9-16-15-18(10-12-19(16)20)27-14-6-13-24-17-7-4-3-5-8-17/h3-5,7-8,10,12,15,20-21,24H,2,6,9,11,13-14H2,1H3. The molecule has 0 saturated heterocycles. The number of nitrogens with one attached hydrogen (secondary N) is 1. The van der Waals surface area contributed by atoms with Crippen LogP contribution >= 0.6 is 0 Å². The largest absolute Gasteiger partial charge is 0.494 e. The summed E-state index contributed by atoms with van der Waals surface area (Å²) in [7, 11) is 0. The van der Waals surface area contributed by atoms with Gasteiger partial charge in [-0.05, 0) is 61.6 Å². The molecule has 144 valence electrons. The van der Waals surface area contributed by atoms with Gasteiger partial charge in [0.2, 0.25) is 6.17 Å². The molecule has 2 aromatic rings. The number of fused-ring (bicyclic) bond motifs is 1. The van der Waals surface area contributed by atoms with E-state index >= 15 is 0 Å². The van der Waals surface area contributed by atoms with Crippen LogP contribution in [-0.4, -0.2) is 31.9 Å². The van der Waals surface area contributed by atoms with E-state index in [1.165, 1.54) is 0 Å². The first-order chi connectivity index (χ1) is 13.2. The fourth-order valence-electron chi connectivity index (χ4n) is 3.46. The molecular weight excluding hydrogens is 345 g/mol. The highest BCUT2D eigenvalue weighted by atomic mass is 19.1. The van der Waals surface area contributed by atoms with Crippen LogP contribution in [-0.2, 0) is 16.0 Å². The van der Waals surface area contributed by atoms with Gasteiger partial charge in [0.25, 0.3) is 0 Å². The summed E-state index contributed by atoms with van der Waals surface area (Å²) < 4.78 is 25.0. The number of benzene rings is 2. The number of carbonyl (C=O) groups is 1. The van der Waals surface area contributed by atoms with Crippen molar-refractivity contribution >= 4 is 11.7 Å². The third kappa shape index (κ3) is 5.00. The molecule has 0 aliphatic heterocycles. The molecule has 0 spiro atoms. The molecule has 1 aliphatic rings. The number of aryl methyl sites for hydroxylation is 1. The maximum absolute atomic E-state index is 14.4. The van der Waals surface area contributed by atoms with Crippen LogP contribution in [0.3, 0.4) is 0 Å². The molecular formula is C22H26FNO3. The Kier molecular flexibility index (Phi) is 6.69. The number of hydrogen-bond acceptors (Lipinski definition) is 4. The molecule has 5 heteroatoms. The van der Waals surface area contributed by atoms with E-state index in [4.69, 9.17) is 9.47 Å². The molecule has 3 rings (SSSR count). The predicted octanol–water partition coefficient (Wildman–Crippen LogP) is 4.50. The highest BCUT2D eigenvalue weighted by Gasteiger charge is 2.35. The second kappa shape index (κ2) is 9.40. The number of ether oxygens (including phenoxy) is 2. The summed E-state index contributed by atoms with van der Waals surface area (Å²) in [6.07, 6.45) is 0.665. The molecule has 0 fully saturated rings. The zero-order valence-corrected chi connectivity index (χ0v) is 15.6. The maximum atomic E-state index is 14.4. The van der Waals surface area contributed by atoms with Gasteiger partial charge in [-0.2, -0.15) is 0 Å². The first kappa shape index (κ1) is 19.2. The lowest BCUT2D eigenvalue weighted by Crippen LogP contribution is -2.24. The van der Waals surface area contributed by atoms with E-state index in [9.17, 15) is 9.18 Å². The SMILES string of the molecule is CCOC(=O)C(F)C1CCc2cc(OCCCNc3ccccc3)ccc21. The van der Waals surface area contributed by atoms with Crippen molar-refractivity contribution in [3.8, 4) is 5.75 Å². The molecule has 27 heavy (non-hydrogen) atoms. The lowest BCUT2D eigenvalue weighted by atomic mass is 9.96. The Hall–Kier alpha value is -2.56. The third-order valence-electron chi connectivity index (χ3n) is 4.80. The van der Waals surface area contributed by atoms with Crippen LogP contribution in [0.25, 0.3) is 0 Å². The van der Waals surface area contributed by atoms with Crippen LogP contribution in [0.15, 0.2) is 48.5 Å². The van der Waals surface area contributed by atoms with Crippen molar-refractivity contribution in [1.29, 1.82) is 0 Å². The van der Waals surface area contributed by atoms with Crippen molar-refractivity contribution in [2.45, 2.75) is 38.3 Å². The highest BCUT2D eigenvalue weighted by molar-refractivity contribution is 5.76. The zero-order valence-electron chi connectivity index (χ0n) is 15.6. The number of halogens is 1. The van der Waals surface area contributed by atoms with Gasteiger partial charge in [-0.3, -0.25) is 0 Å². The average Bonchev–Trinajstić information content (AvgIpc) is 3.11. The Morgan fingerprint density at radius 3 is 2.85 bits per heavy atom. The van der Waals surface area contributed by atoms with Gasteiger partial charge < -0.3 is 14.8 Å². The molecule has 0 amide bonds. The van der Waals surface area contributed by atoms with Crippen LogP contribution in [0.2, 0.25) is 0 Å². The van der Waals surface area contributed by atoms with Crippen LogP contribution in [0, 0.1) is 0 Å². The Morgan fingerprint density at radius 1 is 1.26 bits per heavy atom. The molecule has 0 radical (unpaired) electrons. The second-order valence-corrected chi connectivity index (χ2v) is 6.65. The van der Waals surface area contributed by atoms with Crippen LogP contribution < -0.4 is 10.1 Å². The predicted molar refractivity (Wildman–Crippen MR) is 104 cm³/mol. The Morgan fingerprint density at radius 2 is 2.07 bits per heavy atom. The summed E-state index contributed by atoms with van der Waals surface area (Å²) in [6.45, 7) is 3.33. The minimum Gasteiger partial charge on any atom is -0.494 e. The summed E-state index contributed by atoms with van der Waals surface area (Å²) in [5.74, 6) is -0.384. The molecule has 0 bridgehead atoms. The number of rotatable bonds is 9. The minimum absolute atomic E-state index is 0.199. The number of hydrogen-bond donors (Lipinski definition) is 1. The van der Waals surface area contributed by atoms with Crippen molar-refractivity contribution in [2.75, 3.05) is 25.1 Å². The lowest BCUT2D eigenvalue weighted by Gasteiger charge is -2.16. The molecule has 2 atom stereocenters. The Labute approximate surface area is 159 Å². The first-order valence-corrected chi connectivity index (χ1v) is 9.54. The third-order valence-corrected chi connectivity index (χ3v) is 4.80. The highest BCUT2D eigenvalue weighted by Crippen LogP contribution is 2.38. The maximum Gasteiger partial charge on any atom is 0.341 e. The van der Waals surface area contributed by atoms with Gasteiger partial charge in [-0.25, -0.2) is 9.18 Å². The molecule has 0 heterocycles. The molecule has 1 N–H and O–H groups in total. The number of alkyl halides is 1. The van der Waals surface area contributed by atoms with Crippen molar-refractivity contribution < 1.29 is 18.7 Å². The molecule has 0 saturated carbocycles. The van der Waals surface area contributed by atoms with Crippen molar-refractivity contribution in [3.05, 3.63) is 59.7 Å². The number of carbonyl (C=O) groups excluding carboxylic acids is 1. The van der Waals surface area contributed by atoms with Crippen LogP contribution in [0.4, 0.5) is 10.1 Å². The van der Waals surface area contributed by atoms with Gasteiger partial charge in [0.1, 0.15) is 5.75 Å². The van der Waals surface area contributed by atoms with E-state index in [1.54, 1.807) is 6.92 Å². The van der Waals surface area contributed by atoms with E-state index in [-0.39, 0.29) is 6.61 Å². The normalized spacial score (nSPS) is 16.4. The molecule has 4 nitrogen and oxygen atoms in total. The summed E-state index contributed by atoms with van der Waals surface area (Å²) in [4.78, 5) is 11.7. The number of para-hydroxylation sites is 1. The van der Waals surface area contributed by atoms with Crippen LogP contribution in [0.5, 0.6) is 5.75 Å². The van der Waals surface area contributed by atoms with Gasteiger partial charge in [0.15, 0.2) is 0 Å². The smallest absolute Gasteiger partial charge is 0.341 e. The van der Waals surface area contributed by atoms with Gasteiger partial charge in [-0.15, -0.1) is 0 Å². The van der Waals surface area contributed by atoms with E-state index in [2.05, 4.69) is 5.32 Å². The number of esters is 1. The summed E-state index contributed by atoms with van der Waals surface area (Å²) in [5.41, 5.74) is 3.06. The fraction of sp³-hybridized carbons (Fsp3) is 0.409. The van der Waals surface area contributed by atoms with E-state index in [1.807, 2.05) is 48.5 Å². The van der Waals surface area contributed by atoms with Crippen molar-refractivity contribution in [3.63, 3.8) is 0 Å². The monoisotopic (exact) mass is 371 g/mol. The Bertz CT molecular complexity index is 750. The quantitative estimate of drug-likeness (QED) is 0.521. The second-order valence-electron chi connectivity index (χ2n) is 6.65. The van der Waals surface area contributed by atoms with Crippen LogP contribution in [0.1, 0.15) is 36.8 Å². The Balaban J connectivity index is 1.48. The fourth-order valence-corrected chi connectivity index (χ4v) is 3.46. The minimum atomic E-state index is -1.60. The van der Waals surface area contributed by atoms with Crippen molar-refractivity contribution in [1.82, 2.24) is 0 Å². The average molecular weight is 371 g/mol. The van der Waals surface area contributed by atoms with Gasteiger partial charge in [-0.1, -0.05) is 24.3 Å². The topological polar surface area (TPSA) is 47.6 Å². The summed E-state index contributed by atoms with van der Waals surface area (Å²) in [6, 6.07) is 15.8. The lowest BCUT2D eigenvalue weighted by molar-refractivity contribution is -0.150. The summed E-state index contributed by atoms with van der Waals surface area (Å²) >= 11 is 0. The zero-order chi connectivity index (χ0) is 19.1. The van der Waals surface area contributed by atoms with Crippen molar-refractivity contribution in [2.24, 2.45) is 0 Å². The van der Waals surface area contributed by atoms with Gasteiger partial charge in [0, 0.05) is 18.2 Å². The molecule has 0 aromatic heterocycles. The molecule has 2 unspecified atom stereocenters. The van der Waals surface area contributed by atoms with E-state index < -0.39 is 18.1 Å². The molecule has 2 aromatic carbocycles. The number of anilines is 1. The summed E-state index contributed by atoms with van der Waals surface area (Å²) in [5, 5.41) is 3.35. The van der Waals surface area contributed by atoms with Gasteiger partial charge >= 0.3 is 5.97 Å². The molecule has 1 aliphatic carbocycles. The van der Waals surface area contributed by atoms with E-state index in [0.29, 0.717) is 13.0 Å².